The summed E-state index contributed by atoms with van der Waals surface area (Å²) in [6, 6.07) is 6.15. The van der Waals surface area contributed by atoms with E-state index in [0.717, 1.165) is 28.4 Å². The number of amides is 1. The highest BCUT2D eigenvalue weighted by atomic mass is 32.2. The fraction of sp³-hybridized carbons (Fsp3) is 0.429. The molecule has 2 N–H and O–H groups in total. The third-order valence-corrected chi connectivity index (χ3v) is 4.37. The summed E-state index contributed by atoms with van der Waals surface area (Å²) in [6.45, 7) is 4.25. The molecule has 1 aromatic heterocycles. The smallest absolute Gasteiger partial charge is 0.242 e. The fourth-order valence-corrected chi connectivity index (χ4v) is 3.26. The van der Waals surface area contributed by atoms with Gasteiger partial charge in [-0.05, 0) is 32.0 Å². The highest BCUT2D eigenvalue weighted by Gasteiger charge is 2.22. The zero-order chi connectivity index (χ0) is 14.1. The van der Waals surface area contributed by atoms with Crippen LogP contribution in [0.1, 0.15) is 19.9 Å². The van der Waals surface area contributed by atoms with Crippen molar-refractivity contribution in [2.24, 2.45) is 0 Å². The van der Waals surface area contributed by atoms with Crippen LogP contribution in [0.3, 0.4) is 0 Å². The van der Waals surface area contributed by atoms with Crippen molar-refractivity contribution < 1.29 is 4.79 Å². The van der Waals surface area contributed by atoms with Gasteiger partial charge in [0.2, 0.25) is 5.91 Å². The number of hydrogen-bond acceptors (Lipinski definition) is 4. The van der Waals surface area contributed by atoms with Crippen molar-refractivity contribution in [1.82, 2.24) is 14.9 Å². The van der Waals surface area contributed by atoms with E-state index in [9.17, 15) is 4.79 Å². The summed E-state index contributed by atoms with van der Waals surface area (Å²) < 4.78 is 2.12. The molecular weight excluding hydrogens is 272 g/mol. The number of aromatic nitrogens is 2. The molecule has 5 nitrogen and oxygen atoms in total. The maximum atomic E-state index is 12.1. The van der Waals surface area contributed by atoms with Crippen LogP contribution in [0.2, 0.25) is 0 Å². The first-order chi connectivity index (χ1) is 9.65. The number of hydrogen-bond donors (Lipinski definition) is 2. The van der Waals surface area contributed by atoms with Gasteiger partial charge in [-0.2, -0.15) is 0 Å². The molecule has 1 fully saturated rings. The number of benzene rings is 1. The molecule has 1 aliphatic rings. The molecule has 20 heavy (non-hydrogen) atoms. The van der Waals surface area contributed by atoms with Crippen LogP contribution < -0.4 is 10.6 Å². The Morgan fingerprint density at radius 1 is 1.55 bits per heavy atom. The van der Waals surface area contributed by atoms with Crippen LogP contribution in [0.4, 0.5) is 5.69 Å². The molecule has 1 amide bonds. The van der Waals surface area contributed by atoms with E-state index in [1.54, 1.807) is 11.8 Å². The Morgan fingerprint density at radius 3 is 3.10 bits per heavy atom. The molecular formula is C14H18N4OS. The zero-order valence-corrected chi connectivity index (χ0v) is 12.4. The number of carbonyl (C=O) groups is 1. The van der Waals surface area contributed by atoms with Crippen LogP contribution in [0.25, 0.3) is 11.0 Å². The highest BCUT2D eigenvalue weighted by Crippen LogP contribution is 2.21. The van der Waals surface area contributed by atoms with Gasteiger partial charge in [0.05, 0.1) is 23.4 Å². The summed E-state index contributed by atoms with van der Waals surface area (Å²) in [5, 5.41) is 6.11. The lowest BCUT2D eigenvalue weighted by Crippen LogP contribution is -2.37. The minimum Gasteiger partial charge on any atom is -0.328 e. The summed E-state index contributed by atoms with van der Waals surface area (Å²) in [5.41, 5.74) is 2.80. The Bertz CT molecular complexity index is 631. The van der Waals surface area contributed by atoms with Gasteiger partial charge in [0.25, 0.3) is 0 Å². The Morgan fingerprint density at radius 2 is 2.40 bits per heavy atom. The van der Waals surface area contributed by atoms with E-state index in [4.69, 9.17) is 0 Å². The number of fused-ring (bicyclic) bond motifs is 1. The van der Waals surface area contributed by atoms with E-state index < -0.39 is 0 Å². The summed E-state index contributed by atoms with van der Waals surface area (Å²) in [6.07, 6.45) is 1.84. The normalized spacial score (nSPS) is 18.9. The lowest BCUT2D eigenvalue weighted by Gasteiger charge is -2.11. The predicted octanol–water partition coefficient (Wildman–Crippen LogP) is 2.22. The van der Waals surface area contributed by atoms with Gasteiger partial charge in [-0.3, -0.25) is 10.1 Å². The first-order valence-electron chi connectivity index (χ1n) is 6.74. The van der Waals surface area contributed by atoms with Crippen molar-refractivity contribution in [1.29, 1.82) is 0 Å². The zero-order valence-electron chi connectivity index (χ0n) is 11.6. The lowest BCUT2D eigenvalue weighted by molar-refractivity contribution is -0.117. The topological polar surface area (TPSA) is 59.0 Å². The maximum Gasteiger partial charge on any atom is 0.242 e. The van der Waals surface area contributed by atoms with Crippen molar-refractivity contribution >= 4 is 34.4 Å². The molecule has 1 aliphatic heterocycles. The third-order valence-electron chi connectivity index (χ3n) is 3.43. The minimum absolute atomic E-state index is 0.0256. The Kier molecular flexibility index (Phi) is 3.67. The molecule has 0 saturated carbocycles. The number of thioether (sulfide) groups is 1. The summed E-state index contributed by atoms with van der Waals surface area (Å²) in [5.74, 6) is 1.70. The average molecular weight is 290 g/mol. The number of nitrogens with zero attached hydrogens (tertiary/aromatic N) is 2. The Hall–Kier alpha value is -1.53. The Labute approximate surface area is 122 Å². The third kappa shape index (κ3) is 2.53. The molecule has 1 saturated heterocycles. The van der Waals surface area contributed by atoms with Crippen LogP contribution in [-0.4, -0.2) is 33.1 Å². The maximum absolute atomic E-state index is 12.1. The number of carbonyl (C=O) groups excluding carboxylic acids is 1. The molecule has 0 radical (unpaired) electrons. The molecule has 3 rings (SSSR count). The first kappa shape index (κ1) is 13.5. The van der Waals surface area contributed by atoms with E-state index in [2.05, 4.69) is 34.0 Å². The molecule has 1 atom stereocenters. The van der Waals surface area contributed by atoms with Gasteiger partial charge in [0.15, 0.2) is 0 Å². The summed E-state index contributed by atoms with van der Waals surface area (Å²) >= 11 is 1.74. The minimum atomic E-state index is -0.0936. The van der Waals surface area contributed by atoms with Gasteiger partial charge in [0.1, 0.15) is 0 Å². The first-order valence-corrected chi connectivity index (χ1v) is 7.89. The number of rotatable bonds is 3. The second kappa shape index (κ2) is 5.46. The van der Waals surface area contributed by atoms with E-state index in [1.165, 1.54) is 0 Å². The molecule has 2 aromatic rings. The number of nitrogens with one attached hydrogen (secondary N) is 2. The molecule has 0 aliphatic carbocycles. The van der Waals surface area contributed by atoms with E-state index in [-0.39, 0.29) is 11.9 Å². The monoisotopic (exact) mass is 290 g/mol. The lowest BCUT2D eigenvalue weighted by atomic mass is 10.2. The van der Waals surface area contributed by atoms with Crippen molar-refractivity contribution in [3.63, 3.8) is 0 Å². The van der Waals surface area contributed by atoms with Crippen LogP contribution in [-0.2, 0) is 4.79 Å². The number of anilines is 1. The van der Waals surface area contributed by atoms with Crippen molar-refractivity contribution in [3.05, 3.63) is 24.5 Å². The quantitative estimate of drug-likeness (QED) is 0.910. The SMILES string of the molecule is CC(C)n1cnc2cc(NC(=O)C3CSCN3)ccc21. The van der Waals surface area contributed by atoms with Gasteiger partial charge >= 0.3 is 0 Å². The molecule has 1 aromatic carbocycles. The molecule has 6 heteroatoms. The number of imidazole rings is 1. The van der Waals surface area contributed by atoms with Gasteiger partial charge in [0, 0.05) is 23.4 Å². The molecule has 0 bridgehead atoms. The average Bonchev–Trinajstić information content (AvgIpc) is 3.07. The van der Waals surface area contributed by atoms with Gasteiger partial charge in [-0.25, -0.2) is 4.98 Å². The van der Waals surface area contributed by atoms with Crippen molar-refractivity contribution in [2.45, 2.75) is 25.9 Å². The fourth-order valence-electron chi connectivity index (χ4n) is 2.31. The second-order valence-electron chi connectivity index (χ2n) is 5.21. The predicted molar refractivity (Wildman–Crippen MR) is 83.0 cm³/mol. The van der Waals surface area contributed by atoms with E-state index in [0.29, 0.717) is 6.04 Å². The molecule has 106 valence electrons. The van der Waals surface area contributed by atoms with Crippen LogP contribution in [0, 0.1) is 0 Å². The standard InChI is InChI=1S/C14H18N4OS/c1-9(2)18-7-15-11-5-10(3-4-13(11)18)17-14(19)12-6-20-8-16-12/h3-5,7,9,12,16H,6,8H2,1-2H3,(H,17,19). The molecule has 2 heterocycles. The Balaban J connectivity index is 1.80. The van der Waals surface area contributed by atoms with Gasteiger partial charge < -0.3 is 9.88 Å². The summed E-state index contributed by atoms with van der Waals surface area (Å²) in [7, 11) is 0. The largest absolute Gasteiger partial charge is 0.328 e. The highest BCUT2D eigenvalue weighted by molar-refractivity contribution is 7.99. The second-order valence-corrected chi connectivity index (χ2v) is 6.24. The van der Waals surface area contributed by atoms with Gasteiger partial charge in [-0.15, -0.1) is 11.8 Å². The van der Waals surface area contributed by atoms with Gasteiger partial charge in [-0.1, -0.05) is 0 Å². The van der Waals surface area contributed by atoms with Crippen molar-refractivity contribution in [2.75, 3.05) is 16.9 Å². The summed E-state index contributed by atoms with van der Waals surface area (Å²) in [4.78, 5) is 16.4. The van der Waals surface area contributed by atoms with Crippen molar-refractivity contribution in [3.8, 4) is 0 Å². The van der Waals surface area contributed by atoms with E-state index >= 15 is 0 Å². The molecule has 0 spiro atoms. The van der Waals surface area contributed by atoms with Crippen LogP contribution in [0.15, 0.2) is 24.5 Å². The van der Waals surface area contributed by atoms with Crippen LogP contribution in [0.5, 0.6) is 0 Å². The molecule has 1 unspecified atom stereocenters. The van der Waals surface area contributed by atoms with E-state index in [1.807, 2.05) is 24.5 Å². The van der Waals surface area contributed by atoms with Crippen LogP contribution >= 0.6 is 11.8 Å².